The SMILES string of the molecule is O=C(O)CCS(=O)(=O)Nc1cc(Cl)cc(Br)c1OC(F)F. The van der Waals surface area contributed by atoms with Crippen molar-refractivity contribution in [1.82, 2.24) is 0 Å². The van der Waals surface area contributed by atoms with Gasteiger partial charge < -0.3 is 9.84 Å². The monoisotopic (exact) mass is 407 g/mol. The number of hydrogen-bond acceptors (Lipinski definition) is 4. The van der Waals surface area contributed by atoms with Crippen LogP contribution in [0.4, 0.5) is 14.5 Å². The van der Waals surface area contributed by atoms with Crippen LogP contribution in [0.25, 0.3) is 0 Å². The number of alkyl halides is 2. The molecule has 1 aromatic rings. The molecule has 1 rings (SSSR count). The van der Waals surface area contributed by atoms with Crippen LogP contribution < -0.4 is 9.46 Å². The summed E-state index contributed by atoms with van der Waals surface area (Å²) >= 11 is 8.64. The Morgan fingerprint density at radius 2 is 2.10 bits per heavy atom. The minimum Gasteiger partial charge on any atom is -0.481 e. The second-order valence-corrected chi connectivity index (χ2v) is 6.84. The summed E-state index contributed by atoms with van der Waals surface area (Å²) < 4.78 is 54.3. The van der Waals surface area contributed by atoms with Gasteiger partial charge >= 0.3 is 12.6 Å². The van der Waals surface area contributed by atoms with Crippen molar-refractivity contribution >= 4 is 49.2 Å². The molecule has 0 aliphatic heterocycles. The van der Waals surface area contributed by atoms with Crippen molar-refractivity contribution in [3.8, 4) is 5.75 Å². The lowest BCUT2D eigenvalue weighted by Crippen LogP contribution is -2.20. The molecule has 0 unspecified atom stereocenters. The van der Waals surface area contributed by atoms with Crippen molar-refractivity contribution in [2.24, 2.45) is 0 Å². The molecule has 0 aliphatic rings. The Balaban J connectivity index is 3.08. The van der Waals surface area contributed by atoms with E-state index in [9.17, 15) is 22.0 Å². The molecule has 0 radical (unpaired) electrons. The van der Waals surface area contributed by atoms with E-state index >= 15 is 0 Å². The molecule has 1 aromatic carbocycles. The van der Waals surface area contributed by atoms with E-state index in [1.807, 2.05) is 4.72 Å². The van der Waals surface area contributed by atoms with Gasteiger partial charge in [0.25, 0.3) is 0 Å². The number of benzene rings is 1. The highest BCUT2D eigenvalue weighted by atomic mass is 79.9. The predicted octanol–water partition coefficient (Wildman–Crippen LogP) is 2.92. The van der Waals surface area contributed by atoms with Gasteiger partial charge in [0.1, 0.15) is 0 Å². The van der Waals surface area contributed by atoms with Crippen LogP contribution in [0.15, 0.2) is 16.6 Å². The zero-order valence-electron chi connectivity index (χ0n) is 10.1. The minimum absolute atomic E-state index is 0.0197. The van der Waals surface area contributed by atoms with Gasteiger partial charge in [-0.3, -0.25) is 9.52 Å². The van der Waals surface area contributed by atoms with E-state index in [4.69, 9.17) is 16.7 Å². The lowest BCUT2D eigenvalue weighted by molar-refractivity contribution is -0.136. The molecule has 11 heteroatoms. The zero-order valence-corrected chi connectivity index (χ0v) is 13.3. The fourth-order valence-corrected chi connectivity index (χ4v) is 3.22. The number of carboxylic acids is 1. The number of aliphatic carboxylic acids is 1. The van der Waals surface area contributed by atoms with Gasteiger partial charge in [-0.05, 0) is 28.1 Å². The number of ether oxygens (including phenoxy) is 1. The Bertz CT molecular complexity index is 641. The van der Waals surface area contributed by atoms with Crippen molar-refractivity contribution in [2.75, 3.05) is 10.5 Å². The quantitative estimate of drug-likeness (QED) is 0.724. The molecule has 0 aliphatic carbocycles. The van der Waals surface area contributed by atoms with Gasteiger partial charge in [0.2, 0.25) is 10.0 Å². The van der Waals surface area contributed by atoms with Crippen LogP contribution in [0, 0.1) is 0 Å². The molecule has 0 heterocycles. The normalized spacial score (nSPS) is 11.5. The van der Waals surface area contributed by atoms with Crippen LogP contribution in [0.5, 0.6) is 5.75 Å². The predicted molar refractivity (Wildman–Crippen MR) is 75.4 cm³/mol. The van der Waals surface area contributed by atoms with E-state index in [2.05, 4.69) is 20.7 Å². The molecule has 0 amide bonds. The fourth-order valence-electron chi connectivity index (χ4n) is 1.29. The molecule has 0 saturated heterocycles. The molecule has 0 fully saturated rings. The molecule has 6 nitrogen and oxygen atoms in total. The molecule has 0 atom stereocenters. The molecule has 21 heavy (non-hydrogen) atoms. The first-order chi connectivity index (χ1) is 9.60. The first-order valence-corrected chi connectivity index (χ1v) is 8.09. The largest absolute Gasteiger partial charge is 0.481 e. The van der Waals surface area contributed by atoms with Gasteiger partial charge in [-0.25, -0.2) is 8.42 Å². The Labute approximate surface area is 132 Å². The third-order valence-electron chi connectivity index (χ3n) is 2.07. The number of nitrogens with one attached hydrogen (secondary N) is 1. The number of anilines is 1. The maximum Gasteiger partial charge on any atom is 0.387 e. The number of halogens is 4. The Morgan fingerprint density at radius 1 is 1.48 bits per heavy atom. The van der Waals surface area contributed by atoms with E-state index in [-0.39, 0.29) is 15.2 Å². The number of rotatable bonds is 7. The fraction of sp³-hybridized carbons (Fsp3) is 0.300. The average molecular weight is 409 g/mol. The van der Waals surface area contributed by atoms with E-state index in [0.29, 0.717) is 0 Å². The van der Waals surface area contributed by atoms with Gasteiger partial charge in [0.15, 0.2) is 5.75 Å². The first kappa shape index (κ1) is 17.9. The Morgan fingerprint density at radius 3 is 2.62 bits per heavy atom. The van der Waals surface area contributed by atoms with Crippen LogP contribution in [0.3, 0.4) is 0 Å². The summed E-state index contributed by atoms with van der Waals surface area (Å²) in [6.45, 7) is -3.18. The molecule has 0 bridgehead atoms. The van der Waals surface area contributed by atoms with E-state index in [1.165, 1.54) is 6.07 Å². The van der Waals surface area contributed by atoms with Crippen molar-refractivity contribution in [3.05, 3.63) is 21.6 Å². The van der Waals surface area contributed by atoms with E-state index in [1.54, 1.807) is 0 Å². The number of hydrogen-bond donors (Lipinski definition) is 2. The van der Waals surface area contributed by atoms with Crippen LogP contribution in [-0.2, 0) is 14.8 Å². The summed E-state index contributed by atoms with van der Waals surface area (Å²) in [5.74, 6) is -2.48. The van der Waals surface area contributed by atoms with Crippen molar-refractivity contribution < 1.29 is 31.8 Å². The highest BCUT2D eigenvalue weighted by Crippen LogP contribution is 2.38. The van der Waals surface area contributed by atoms with Gasteiger partial charge in [0.05, 0.1) is 22.3 Å². The maximum absolute atomic E-state index is 12.3. The smallest absolute Gasteiger partial charge is 0.387 e. The standard InChI is InChI=1S/C10H9BrClF2NO5S/c11-6-3-5(12)4-7(9(6)20-10(13)14)15-21(18,19)2-1-8(16)17/h3-4,10,15H,1-2H2,(H,16,17). The summed E-state index contributed by atoms with van der Waals surface area (Å²) in [5.41, 5.74) is -0.319. The van der Waals surface area contributed by atoms with Crippen LogP contribution in [-0.4, -0.2) is 31.9 Å². The molecule has 0 saturated carbocycles. The first-order valence-electron chi connectivity index (χ1n) is 5.27. The van der Waals surface area contributed by atoms with Crippen LogP contribution in [0.2, 0.25) is 5.02 Å². The topological polar surface area (TPSA) is 92.7 Å². The highest BCUT2D eigenvalue weighted by Gasteiger charge is 2.20. The van der Waals surface area contributed by atoms with Gasteiger partial charge in [0, 0.05) is 5.02 Å². The molecular weight excluding hydrogens is 400 g/mol. The second-order valence-electron chi connectivity index (χ2n) is 3.71. The van der Waals surface area contributed by atoms with E-state index in [0.717, 1.165) is 6.07 Å². The zero-order chi connectivity index (χ0) is 16.2. The summed E-state index contributed by atoms with van der Waals surface area (Å²) in [5, 5.41) is 8.53. The number of carboxylic acid groups (broad SMARTS) is 1. The van der Waals surface area contributed by atoms with Crippen LogP contribution >= 0.6 is 27.5 Å². The summed E-state index contributed by atoms with van der Waals surface area (Å²) in [7, 11) is -4.06. The molecule has 0 aromatic heterocycles. The molecule has 2 N–H and O–H groups in total. The summed E-state index contributed by atoms with van der Waals surface area (Å²) in [6.07, 6.45) is -0.637. The van der Waals surface area contributed by atoms with Gasteiger partial charge in [-0.15, -0.1) is 0 Å². The maximum atomic E-state index is 12.3. The van der Waals surface area contributed by atoms with Crippen molar-refractivity contribution in [3.63, 3.8) is 0 Å². The second kappa shape index (κ2) is 7.23. The molecular formula is C10H9BrClF2NO5S. The third kappa shape index (κ3) is 6.02. The van der Waals surface area contributed by atoms with Crippen molar-refractivity contribution in [2.45, 2.75) is 13.0 Å². The third-order valence-corrected chi connectivity index (χ3v) is 4.15. The number of carbonyl (C=O) groups is 1. The lowest BCUT2D eigenvalue weighted by atomic mass is 10.3. The Hall–Kier alpha value is -1.13. The highest BCUT2D eigenvalue weighted by molar-refractivity contribution is 9.10. The average Bonchev–Trinajstić information content (AvgIpc) is 2.30. The number of sulfonamides is 1. The molecule has 0 spiro atoms. The van der Waals surface area contributed by atoms with E-state index < -0.39 is 40.5 Å². The Kier molecular flexibility index (Phi) is 6.17. The van der Waals surface area contributed by atoms with Gasteiger partial charge in [-0.2, -0.15) is 8.78 Å². The molecule has 118 valence electrons. The summed E-state index contributed by atoms with van der Waals surface area (Å²) in [6, 6.07) is 2.32. The van der Waals surface area contributed by atoms with Gasteiger partial charge in [-0.1, -0.05) is 11.6 Å². The lowest BCUT2D eigenvalue weighted by Gasteiger charge is -2.14. The summed E-state index contributed by atoms with van der Waals surface area (Å²) in [4.78, 5) is 10.4. The van der Waals surface area contributed by atoms with Crippen LogP contribution in [0.1, 0.15) is 6.42 Å². The van der Waals surface area contributed by atoms with Crippen molar-refractivity contribution in [1.29, 1.82) is 0 Å². The minimum atomic E-state index is -4.06.